The molecule has 0 aromatic carbocycles. The lowest BCUT2D eigenvalue weighted by Gasteiger charge is -2.30. The highest BCUT2D eigenvalue weighted by Gasteiger charge is 2.20. The van der Waals surface area contributed by atoms with E-state index in [1.165, 1.54) is 12.8 Å². The fourth-order valence-corrected chi connectivity index (χ4v) is 2.58. The van der Waals surface area contributed by atoms with Crippen LogP contribution in [0.3, 0.4) is 0 Å². The zero-order chi connectivity index (χ0) is 12.8. The predicted octanol–water partition coefficient (Wildman–Crippen LogP) is 0.903. The molecule has 2 aliphatic heterocycles. The minimum atomic E-state index is 0.0775. The Labute approximate surface area is 109 Å². The molecule has 18 heavy (non-hydrogen) atoms. The van der Waals surface area contributed by atoms with Gasteiger partial charge in [0.15, 0.2) is 0 Å². The molecule has 5 heteroatoms. The number of morpholine rings is 1. The molecule has 2 amide bonds. The number of nitrogens with zero attached hydrogens (tertiary/aromatic N) is 2. The SMILES string of the molecule is CN1CCOC(CNC(=O)N2CCCCCC2)C1. The molecule has 0 spiro atoms. The van der Waals surface area contributed by atoms with E-state index < -0.39 is 0 Å². The van der Waals surface area contributed by atoms with Crippen LogP contribution in [-0.4, -0.2) is 68.3 Å². The molecule has 0 aromatic rings. The number of hydrogen-bond donors (Lipinski definition) is 1. The van der Waals surface area contributed by atoms with Crippen molar-refractivity contribution < 1.29 is 9.53 Å². The largest absolute Gasteiger partial charge is 0.374 e. The number of likely N-dealkylation sites (tertiary alicyclic amines) is 1. The van der Waals surface area contributed by atoms with Gasteiger partial charge in [-0.2, -0.15) is 0 Å². The van der Waals surface area contributed by atoms with E-state index in [1.54, 1.807) is 0 Å². The lowest BCUT2D eigenvalue weighted by Crippen LogP contribution is -2.48. The molecular formula is C13H25N3O2. The highest BCUT2D eigenvalue weighted by molar-refractivity contribution is 5.74. The summed E-state index contributed by atoms with van der Waals surface area (Å²) in [5, 5.41) is 3.01. The van der Waals surface area contributed by atoms with Crippen LogP contribution in [0, 0.1) is 0 Å². The van der Waals surface area contributed by atoms with Gasteiger partial charge in [0.1, 0.15) is 0 Å². The lowest BCUT2D eigenvalue weighted by atomic mass is 10.2. The number of likely N-dealkylation sites (N-methyl/N-ethyl adjacent to an activating group) is 1. The van der Waals surface area contributed by atoms with Gasteiger partial charge < -0.3 is 19.9 Å². The van der Waals surface area contributed by atoms with Crippen LogP contribution in [0.2, 0.25) is 0 Å². The van der Waals surface area contributed by atoms with Crippen molar-refractivity contribution in [3.63, 3.8) is 0 Å². The summed E-state index contributed by atoms with van der Waals surface area (Å²) >= 11 is 0. The Bertz CT molecular complexity index is 265. The molecule has 2 aliphatic rings. The van der Waals surface area contributed by atoms with Crippen molar-refractivity contribution in [2.75, 3.05) is 46.4 Å². The van der Waals surface area contributed by atoms with Crippen LogP contribution in [0.25, 0.3) is 0 Å². The molecule has 0 saturated carbocycles. The second kappa shape index (κ2) is 6.95. The van der Waals surface area contributed by atoms with Gasteiger partial charge in [0, 0.05) is 32.7 Å². The summed E-state index contributed by atoms with van der Waals surface area (Å²) in [6, 6.07) is 0.0775. The van der Waals surface area contributed by atoms with E-state index in [0.29, 0.717) is 6.54 Å². The molecule has 2 rings (SSSR count). The van der Waals surface area contributed by atoms with E-state index in [9.17, 15) is 4.79 Å². The Morgan fingerprint density at radius 3 is 2.61 bits per heavy atom. The quantitative estimate of drug-likeness (QED) is 0.797. The van der Waals surface area contributed by atoms with E-state index in [2.05, 4.69) is 17.3 Å². The first-order valence-corrected chi connectivity index (χ1v) is 7.08. The van der Waals surface area contributed by atoms with E-state index in [0.717, 1.165) is 45.6 Å². The van der Waals surface area contributed by atoms with Crippen LogP contribution >= 0.6 is 0 Å². The number of ether oxygens (including phenoxy) is 1. The van der Waals surface area contributed by atoms with E-state index in [4.69, 9.17) is 4.74 Å². The van der Waals surface area contributed by atoms with Crippen LogP contribution in [0.1, 0.15) is 25.7 Å². The van der Waals surface area contributed by atoms with Gasteiger partial charge in [-0.1, -0.05) is 12.8 Å². The topological polar surface area (TPSA) is 44.8 Å². The zero-order valence-electron chi connectivity index (χ0n) is 11.4. The number of carbonyl (C=O) groups is 1. The van der Waals surface area contributed by atoms with E-state index in [1.807, 2.05) is 4.90 Å². The molecule has 0 bridgehead atoms. The van der Waals surface area contributed by atoms with Crippen molar-refractivity contribution in [2.45, 2.75) is 31.8 Å². The molecule has 2 heterocycles. The van der Waals surface area contributed by atoms with Crippen LogP contribution < -0.4 is 5.32 Å². The molecule has 1 atom stereocenters. The average molecular weight is 255 g/mol. The molecular weight excluding hydrogens is 230 g/mol. The van der Waals surface area contributed by atoms with Crippen molar-refractivity contribution in [2.24, 2.45) is 0 Å². The molecule has 2 saturated heterocycles. The van der Waals surface area contributed by atoms with Gasteiger partial charge in [0.25, 0.3) is 0 Å². The first-order chi connectivity index (χ1) is 8.75. The summed E-state index contributed by atoms with van der Waals surface area (Å²) in [6.07, 6.45) is 4.91. The van der Waals surface area contributed by atoms with E-state index >= 15 is 0 Å². The van der Waals surface area contributed by atoms with Gasteiger partial charge >= 0.3 is 6.03 Å². The standard InChI is InChI=1S/C13H25N3O2/c1-15-8-9-18-12(11-15)10-14-13(17)16-6-4-2-3-5-7-16/h12H,2-11H2,1H3,(H,14,17). The summed E-state index contributed by atoms with van der Waals surface area (Å²) in [5.41, 5.74) is 0. The molecule has 1 N–H and O–H groups in total. The van der Waals surface area contributed by atoms with Gasteiger partial charge in [-0.3, -0.25) is 0 Å². The third-order valence-corrected chi connectivity index (χ3v) is 3.72. The first kappa shape index (κ1) is 13.6. The number of rotatable bonds is 2. The Kier molecular flexibility index (Phi) is 5.26. The van der Waals surface area contributed by atoms with Gasteiger partial charge in [-0.15, -0.1) is 0 Å². The number of nitrogens with one attached hydrogen (secondary N) is 1. The third kappa shape index (κ3) is 4.14. The summed E-state index contributed by atoms with van der Waals surface area (Å²) < 4.78 is 5.64. The van der Waals surface area contributed by atoms with Crippen LogP contribution in [-0.2, 0) is 4.74 Å². The van der Waals surface area contributed by atoms with Crippen molar-refractivity contribution in [1.29, 1.82) is 0 Å². The predicted molar refractivity (Wildman–Crippen MR) is 70.7 cm³/mol. The summed E-state index contributed by atoms with van der Waals surface area (Å²) in [6.45, 7) is 5.08. The van der Waals surface area contributed by atoms with Crippen molar-refractivity contribution in [3.05, 3.63) is 0 Å². The Morgan fingerprint density at radius 2 is 1.94 bits per heavy atom. The molecule has 1 unspecified atom stereocenters. The number of hydrogen-bond acceptors (Lipinski definition) is 3. The zero-order valence-corrected chi connectivity index (χ0v) is 11.4. The van der Waals surface area contributed by atoms with Gasteiger partial charge in [-0.05, 0) is 19.9 Å². The monoisotopic (exact) mass is 255 g/mol. The van der Waals surface area contributed by atoms with Crippen molar-refractivity contribution in [3.8, 4) is 0 Å². The number of amides is 2. The van der Waals surface area contributed by atoms with Gasteiger partial charge in [-0.25, -0.2) is 4.79 Å². The maximum absolute atomic E-state index is 12.0. The maximum atomic E-state index is 12.0. The van der Waals surface area contributed by atoms with Gasteiger partial charge in [0.05, 0.1) is 12.7 Å². The summed E-state index contributed by atoms with van der Waals surface area (Å²) in [5.74, 6) is 0. The van der Waals surface area contributed by atoms with Crippen LogP contribution in [0.4, 0.5) is 4.79 Å². The first-order valence-electron chi connectivity index (χ1n) is 7.08. The Morgan fingerprint density at radius 1 is 1.22 bits per heavy atom. The molecule has 104 valence electrons. The molecule has 5 nitrogen and oxygen atoms in total. The second-order valence-corrected chi connectivity index (χ2v) is 5.34. The van der Waals surface area contributed by atoms with Crippen molar-refractivity contribution >= 4 is 6.03 Å². The summed E-state index contributed by atoms with van der Waals surface area (Å²) in [4.78, 5) is 16.2. The fourth-order valence-electron chi connectivity index (χ4n) is 2.58. The van der Waals surface area contributed by atoms with E-state index in [-0.39, 0.29) is 12.1 Å². The van der Waals surface area contributed by atoms with Gasteiger partial charge in [0.2, 0.25) is 0 Å². The highest BCUT2D eigenvalue weighted by atomic mass is 16.5. The third-order valence-electron chi connectivity index (χ3n) is 3.72. The minimum absolute atomic E-state index is 0.0775. The Hall–Kier alpha value is -0.810. The van der Waals surface area contributed by atoms with Crippen molar-refractivity contribution in [1.82, 2.24) is 15.1 Å². The summed E-state index contributed by atoms with van der Waals surface area (Å²) in [7, 11) is 2.09. The normalized spacial score (nSPS) is 26.7. The maximum Gasteiger partial charge on any atom is 0.317 e. The lowest BCUT2D eigenvalue weighted by molar-refractivity contribution is -0.0172. The Balaban J connectivity index is 1.70. The smallest absolute Gasteiger partial charge is 0.317 e. The fraction of sp³-hybridized carbons (Fsp3) is 0.923. The minimum Gasteiger partial charge on any atom is -0.374 e. The molecule has 0 aliphatic carbocycles. The van der Waals surface area contributed by atoms with Crippen LogP contribution in [0.15, 0.2) is 0 Å². The molecule has 0 radical (unpaired) electrons. The average Bonchev–Trinajstić information content (AvgIpc) is 2.65. The molecule has 0 aromatic heterocycles. The highest BCUT2D eigenvalue weighted by Crippen LogP contribution is 2.09. The molecule has 2 fully saturated rings. The van der Waals surface area contributed by atoms with Crippen LogP contribution in [0.5, 0.6) is 0 Å². The second-order valence-electron chi connectivity index (χ2n) is 5.34. The number of urea groups is 1. The number of carbonyl (C=O) groups excluding carboxylic acids is 1.